The third-order valence-electron chi connectivity index (χ3n) is 4.32. The van der Waals surface area contributed by atoms with E-state index in [4.69, 9.17) is 9.84 Å². The first-order valence-electron chi connectivity index (χ1n) is 8.63. The minimum absolute atomic E-state index is 0.106. The van der Waals surface area contributed by atoms with Crippen LogP contribution in [0.5, 0.6) is 0 Å². The molecule has 1 aliphatic rings. The van der Waals surface area contributed by atoms with Gasteiger partial charge in [-0.1, -0.05) is 24.0 Å². The van der Waals surface area contributed by atoms with Crippen LogP contribution in [0, 0.1) is 11.8 Å². The first-order chi connectivity index (χ1) is 13.2. The number of carboxylic acids is 1. The Bertz CT molecular complexity index is 751. The summed E-state index contributed by atoms with van der Waals surface area (Å²) in [5, 5.41) is 50.1. The van der Waals surface area contributed by atoms with E-state index in [9.17, 15) is 30.0 Å². The minimum atomic E-state index is -1.49. The summed E-state index contributed by atoms with van der Waals surface area (Å²) in [5.41, 5.74) is 1.23. The third kappa shape index (κ3) is 5.51. The summed E-state index contributed by atoms with van der Waals surface area (Å²) < 4.78 is 5.30. The van der Waals surface area contributed by atoms with E-state index in [1.54, 1.807) is 24.3 Å². The predicted octanol–water partition coefficient (Wildman–Crippen LogP) is -1.99. The van der Waals surface area contributed by atoms with Crippen LogP contribution in [0.4, 0.5) is 0 Å². The molecule has 0 radical (unpaired) electrons. The summed E-state index contributed by atoms with van der Waals surface area (Å²) in [4.78, 5) is 22.3. The van der Waals surface area contributed by atoms with E-state index < -0.39 is 55.0 Å². The lowest BCUT2D eigenvalue weighted by Gasteiger charge is -2.37. The van der Waals surface area contributed by atoms with Crippen molar-refractivity contribution in [3.8, 4) is 11.8 Å². The fraction of sp³-hybridized carbons (Fsp3) is 0.474. The molecule has 1 aromatic carbocycles. The molecule has 6 atom stereocenters. The van der Waals surface area contributed by atoms with Crippen molar-refractivity contribution in [1.82, 2.24) is 5.32 Å². The van der Waals surface area contributed by atoms with E-state index >= 15 is 0 Å². The number of carboxylic acid groups (broad SMARTS) is 1. The van der Waals surface area contributed by atoms with Gasteiger partial charge in [-0.15, -0.1) is 0 Å². The second-order valence-electron chi connectivity index (χ2n) is 6.51. The maximum absolute atomic E-state index is 11.2. The van der Waals surface area contributed by atoms with Crippen molar-refractivity contribution < 1.29 is 39.9 Å². The zero-order valence-corrected chi connectivity index (χ0v) is 15.1. The smallest absolute Gasteiger partial charge is 0.326 e. The van der Waals surface area contributed by atoms with Gasteiger partial charge in [0.1, 0.15) is 36.6 Å². The van der Waals surface area contributed by atoms with Crippen molar-refractivity contribution in [1.29, 1.82) is 0 Å². The number of aliphatic hydroxyl groups is 4. The molecule has 0 aliphatic carbocycles. The van der Waals surface area contributed by atoms with E-state index in [-0.39, 0.29) is 6.42 Å². The van der Waals surface area contributed by atoms with Gasteiger partial charge in [0.25, 0.3) is 0 Å². The lowest BCUT2D eigenvalue weighted by atomic mass is 9.95. The standard InChI is InChI=1S/C19H23NO8/c1-10(22)20-13(19(26)27)8-12-4-2-11(3-5-12)6-7-14-16(23)18(25)17(24)15(9-21)28-14/h2-5,13-18,21,23-25H,8-9H2,1H3,(H,20,22)(H,26,27)/t13-,14+,15-,16+,17-,18-/m1/s1. The van der Waals surface area contributed by atoms with E-state index in [1.165, 1.54) is 6.92 Å². The Kier molecular flexibility index (Phi) is 7.51. The van der Waals surface area contributed by atoms with Crippen molar-refractivity contribution in [2.45, 2.75) is 49.9 Å². The number of carbonyl (C=O) groups is 2. The number of hydrogen-bond acceptors (Lipinski definition) is 7. The monoisotopic (exact) mass is 393 g/mol. The summed E-state index contributed by atoms with van der Waals surface area (Å²) in [7, 11) is 0. The molecule has 0 saturated carbocycles. The van der Waals surface area contributed by atoms with E-state index in [1.807, 2.05) is 0 Å². The van der Waals surface area contributed by atoms with Crippen molar-refractivity contribution in [2.24, 2.45) is 0 Å². The van der Waals surface area contributed by atoms with Crippen molar-refractivity contribution in [3.63, 3.8) is 0 Å². The number of benzene rings is 1. The molecule has 0 unspecified atom stereocenters. The molecule has 9 nitrogen and oxygen atoms in total. The Morgan fingerprint density at radius 2 is 1.79 bits per heavy atom. The molecular weight excluding hydrogens is 370 g/mol. The lowest BCUT2D eigenvalue weighted by Crippen LogP contribution is -2.58. The van der Waals surface area contributed by atoms with E-state index in [2.05, 4.69) is 17.2 Å². The van der Waals surface area contributed by atoms with E-state index in [0.717, 1.165) is 0 Å². The Morgan fingerprint density at radius 3 is 2.32 bits per heavy atom. The Morgan fingerprint density at radius 1 is 1.14 bits per heavy atom. The van der Waals surface area contributed by atoms with Crippen LogP contribution in [-0.2, 0) is 20.7 Å². The number of aliphatic carboxylic acids is 1. The first kappa shape index (κ1) is 21.8. The average Bonchev–Trinajstić information content (AvgIpc) is 2.66. The highest BCUT2D eigenvalue weighted by Gasteiger charge is 2.42. The minimum Gasteiger partial charge on any atom is -0.480 e. The van der Waals surface area contributed by atoms with Crippen LogP contribution in [0.15, 0.2) is 24.3 Å². The second-order valence-corrected chi connectivity index (χ2v) is 6.51. The molecule has 1 aromatic rings. The number of carbonyl (C=O) groups excluding carboxylic acids is 1. The zero-order valence-electron chi connectivity index (χ0n) is 15.1. The summed E-state index contributed by atoms with van der Waals surface area (Å²) in [6.07, 6.45) is -6.38. The van der Waals surface area contributed by atoms with Gasteiger partial charge < -0.3 is 35.6 Å². The predicted molar refractivity (Wildman–Crippen MR) is 96.0 cm³/mol. The fourth-order valence-corrected chi connectivity index (χ4v) is 2.78. The summed E-state index contributed by atoms with van der Waals surface area (Å²) in [5.74, 6) is 3.84. The number of ether oxygens (including phenoxy) is 1. The van der Waals surface area contributed by atoms with Gasteiger partial charge in [0, 0.05) is 18.9 Å². The lowest BCUT2D eigenvalue weighted by molar-refractivity contribution is -0.214. The van der Waals surface area contributed by atoms with Crippen LogP contribution in [0.3, 0.4) is 0 Å². The molecule has 0 aromatic heterocycles. The number of aliphatic hydroxyl groups excluding tert-OH is 4. The van der Waals surface area contributed by atoms with Crippen molar-refractivity contribution >= 4 is 11.9 Å². The van der Waals surface area contributed by atoms with Gasteiger partial charge in [0.05, 0.1) is 6.61 Å². The molecule has 6 N–H and O–H groups in total. The number of amides is 1. The molecule has 0 spiro atoms. The van der Waals surface area contributed by atoms with Crippen LogP contribution >= 0.6 is 0 Å². The van der Waals surface area contributed by atoms with Gasteiger partial charge in [0.15, 0.2) is 0 Å². The third-order valence-corrected chi connectivity index (χ3v) is 4.32. The van der Waals surface area contributed by atoms with Crippen molar-refractivity contribution in [2.75, 3.05) is 6.61 Å². The highest BCUT2D eigenvalue weighted by Crippen LogP contribution is 2.20. The van der Waals surface area contributed by atoms with E-state index in [0.29, 0.717) is 11.1 Å². The molecular formula is C19H23NO8. The van der Waals surface area contributed by atoms with Gasteiger partial charge in [0.2, 0.25) is 5.91 Å². The second kappa shape index (κ2) is 9.64. The van der Waals surface area contributed by atoms with Gasteiger partial charge >= 0.3 is 5.97 Å². The van der Waals surface area contributed by atoms with Crippen LogP contribution in [0.2, 0.25) is 0 Å². The van der Waals surface area contributed by atoms with Crippen LogP contribution in [0.25, 0.3) is 0 Å². The summed E-state index contributed by atoms with van der Waals surface area (Å²) in [6, 6.07) is 5.56. The number of rotatable bonds is 5. The zero-order chi connectivity index (χ0) is 20.8. The average molecular weight is 393 g/mol. The molecule has 1 amide bonds. The van der Waals surface area contributed by atoms with Gasteiger partial charge in [-0.3, -0.25) is 4.79 Å². The normalized spacial score (nSPS) is 28.0. The SMILES string of the molecule is CC(=O)N[C@H](Cc1ccc(C#C[C@@H]2O[C@H](CO)[C@@H](O)[C@H](O)[C@H]2O)cc1)C(=O)O. The topological polar surface area (TPSA) is 157 Å². The molecule has 152 valence electrons. The highest BCUT2D eigenvalue weighted by molar-refractivity contribution is 5.82. The largest absolute Gasteiger partial charge is 0.480 e. The maximum atomic E-state index is 11.2. The molecule has 9 heteroatoms. The van der Waals surface area contributed by atoms with Gasteiger partial charge in [-0.2, -0.15) is 0 Å². The van der Waals surface area contributed by atoms with Crippen molar-refractivity contribution in [3.05, 3.63) is 35.4 Å². The van der Waals surface area contributed by atoms with Crippen LogP contribution < -0.4 is 5.32 Å². The Hall–Kier alpha value is -2.48. The highest BCUT2D eigenvalue weighted by atomic mass is 16.5. The van der Waals surface area contributed by atoms with Gasteiger partial charge in [-0.25, -0.2) is 4.79 Å². The van der Waals surface area contributed by atoms with Crippen LogP contribution in [0.1, 0.15) is 18.1 Å². The molecule has 28 heavy (non-hydrogen) atoms. The Labute approximate surface area is 161 Å². The first-order valence-corrected chi connectivity index (χ1v) is 8.63. The molecule has 1 aliphatic heterocycles. The fourth-order valence-electron chi connectivity index (χ4n) is 2.78. The van der Waals surface area contributed by atoms with Gasteiger partial charge in [-0.05, 0) is 17.7 Å². The molecule has 1 saturated heterocycles. The van der Waals surface area contributed by atoms with Crippen LogP contribution in [-0.4, -0.2) is 80.6 Å². The Balaban J connectivity index is 2.06. The summed E-state index contributed by atoms with van der Waals surface area (Å²) >= 11 is 0. The maximum Gasteiger partial charge on any atom is 0.326 e. The summed E-state index contributed by atoms with van der Waals surface area (Å²) in [6.45, 7) is 0.713. The quantitative estimate of drug-likeness (QED) is 0.314. The molecule has 2 rings (SSSR count). The number of hydrogen-bond donors (Lipinski definition) is 6. The molecule has 1 heterocycles. The number of nitrogens with one attached hydrogen (secondary N) is 1. The molecule has 1 fully saturated rings. The molecule has 0 bridgehead atoms.